The number of hydrogen-bond donors (Lipinski definition) is 1. The van der Waals surface area contributed by atoms with Crippen molar-refractivity contribution < 1.29 is 19.1 Å². The standard InChI is InChI=1S/C30H27Cl2N3O4/c1-38-28-16-21(15-23(18-33)29(36)34-26-11-10-24(31)17-25(26)32)7-12-27(28)39-19-20-5-8-22(9-6-20)30(37)35-13-3-2-4-14-35/h5-12,15-17H,2-4,13-14,19H2,1H3,(H,34,36)/b23-15-. The van der Waals surface area contributed by atoms with Gasteiger partial charge in [-0.3, -0.25) is 9.59 Å². The predicted octanol–water partition coefficient (Wildman–Crippen LogP) is 6.75. The molecule has 1 saturated heterocycles. The second-order valence-electron chi connectivity index (χ2n) is 9.00. The average Bonchev–Trinajstić information content (AvgIpc) is 2.96. The van der Waals surface area contributed by atoms with E-state index in [-0.39, 0.29) is 23.1 Å². The Balaban J connectivity index is 1.41. The highest BCUT2D eigenvalue weighted by atomic mass is 35.5. The van der Waals surface area contributed by atoms with Gasteiger partial charge in [0.15, 0.2) is 11.5 Å². The van der Waals surface area contributed by atoms with Crippen molar-refractivity contribution in [3.8, 4) is 17.6 Å². The molecule has 0 atom stereocenters. The molecule has 0 spiro atoms. The second-order valence-corrected chi connectivity index (χ2v) is 9.84. The molecule has 200 valence electrons. The third-order valence-corrected chi connectivity index (χ3v) is 6.83. The van der Waals surface area contributed by atoms with Crippen molar-refractivity contribution in [2.45, 2.75) is 25.9 Å². The van der Waals surface area contributed by atoms with Crippen molar-refractivity contribution >= 4 is 46.8 Å². The number of anilines is 1. The molecule has 1 aliphatic rings. The number of benzene rings is 3. The van der Waals surface area contributed by atoms with Crippen molar-refractivity contribution in [2.75, 3.05) is 25.5 Å². The molecular formula is C30H27Cl2N3O4. The lowest BCUT2D eigenvalue weighted by Gasteiger charge is -2.26. The van der Waals surface area contributed by atoms with Crippen molar-refractivity contribution in [1.82, 2.24) is 4.90 Å². The van der Waals surface area contributed by atoms with Gasteiger partial charge in [-0.1, -0.05) is 41.4 Å². The molecule has 0 aliphatic carbocycles. The summed E-state index contributed by atoms with van der Waals surface area (Å²) < 4.78 is 11.4. The quantitative estimate of drug-likeness (QED) is 0.241. The fourth-order valence-electron chi connectivity index (χ4n) is 4.17. The molecule has 0 unspecified atom stereocenters. The number of ether oxygens (including phenoxy) is 2. The Morgan fingerprint density at radius 2 is 1.74 bits per heavy atom. The van der Waals surface area contributed by atoms with Gasteiger partial charge < -0.3 is 19.7 Å². The van der Waals surface area contributed by atoms with Crippen molar-refractivity contribution in [1.29, 1.82) is 5.26 Å². The predicted molar refractivity (Wildman–Crippen MR) is 152 cm³/mol. The van der Waals surface area contributed by atoms with Crippen LogP contribution in [0.5, 0.6) is 11.5 Å². The Labute approximate surface area is 237 Å². The van der Waals surface area contributed by atoms with Gasteiger partial charge in [0.25, 0.3) is 11.8 Å². The molecular weight excluding hydrogens is 537 g/mol. The molecule has 39 heavy (non-hydrogen) atoms. The summed E-state index contributed by atoms with van der Waals surface area (Å²) in [5.41, 5.74) is 2.38. The highest BCUT2D eigenvalue weighted by molar-refractivity contribution is 6.36. The molecule has 0 radical (unpaired) electrons. The van der Waals surface area contributed by atoms with Gasteiger partial charge in [-0.25, -0.2) is 0 Å². The van der Waals surface area contributed by atoms with Crippen molar-refractivity contribution in [3.63, 3.8) is 0 Å². The molecule has 9 heteroatoms. The fourth-order valence-corrected chi connectivity index (χ4v) is 4.63. The van der Waals surface area contributed by atoms with Crippen LogP contribution in [0.4, 0.5) is 5.69 Å². The first kappa shape index (κ1) is 28.0. The van der Waals surface area contributed by atoms with E-state index >= 15 is 0 Å². The first-order valence-electron chi connectivity index (χ1n) is 12.4. The van der Waals surface area contributed by atoms with Gasteiger partial charge in [0, 0.05) is 23.7 Å². The lowest BCUT2D eigenvalue weighted by molar-refractivity contribution is -0.112. The topological polar surface area (TPSA) is 91.7 Å². The molecule has 3 aromatic rings. The highest BCUT2D eigenvalue weighted by Gasteiger charge is 2.18. The number of amides is 2. The van der Waals surface area contributed by atoms with E-state index in [9.17, 15) is 14.9 Å². The van der Waals surface area contributed by atoms with Crippen LogP contribution in [0, 0.1) is 11.3 Å². The van der Waals surface area contributed by atoms with Crippen LogP contribution in [0.3, 0.4) is 0 Å². The number of rotatable bonds is 8. The summed E-state index contributed by atoms with van der Waals surface area (Å²) in [5.74, 6) is 0.399. The SMILES string of the molecule is COc1cc(/C=C(/C#N)C(=O)Nc2ccc(Cl)cc2Cl)ccc1OCc1ccc(C(=O)N2CCCCC2)cc1. The van der Waals surface area contributed by atoms with E-state index in [1.54, 1.807) is 30.3 Å². The Morgan fingerprint density at radius 3 is 2.41 bits per heavy atom. The lowest BCUT2D eigenvalue weighted by Crippen LogP contribution is -2.35. The van der Waals surface area contributed by atoms with Gasteiger partial charge in [0.1, 0.15) is 18.2 Å². The number of carbonyl (C=O) groups is 2. The van der Waals surface area contributed by atoms with Crippen molar-refractivity contribution in [2.24, 2.45) is 0 Å². The smallest absolute Gasteiger partial charge is 0.266 e. The Bertz CT molecular complexity index is 1430. The average molecular weight is 564 g/mol. The highest BCUT2D eigenvalue weighted by Crippen LogP contribution is 2.30. The summed E-state index contributed by atoms with van der Waals surface area (Å²) in [6.07, 6.45) is 4.73. The molecule has 2 amide bonds. The van der Waals surface area contributed by atoms with Crippen molar-refractivity contribution in [3.05, 3.63) is 93.0 Å². The summed E-state index contributed by atoms with van der Waals surface area (Å²) >= 11 is 12.0. The molecule has 0 saturated carbocycles. The summed E-state index contributed by atoms with van der Waals surface area (Å²) in [4.78, 5) is 27.2. The van der Waals surface area contributed by atoms with E-state index < -0.39 is 5.91 Å². The van der Waals surface area contributed by atoms with Gasteiger partial charge in [-0.05, 0) is 78.9 Å². The van der Waals surface area contributed by atoms with Crippen LogP contribution in [0.1, 0.15) is 40.7 Å². The molecule has 3 aromatic carbocycles. The largest absolute Gasteiger partial charge is 0.493 e. The minimum atomic E-state index is -0.608. The van der Waals surface area contributed by atoms with E-state index in [1.807, 2.05) is 35.2 Å². The van der Waals surface area contributed by atoms with Gasteiger partial charge in [0.05, 0.1) is 17.8 Å². The number of piperidine rings is 1. The molecule has 0 bridgehead atoms. The number of methoxy groups -OCH3 is 1. The Hall–Kier alpha value is -3.99. The number of nitriles is 1. The fraction of sp³-hybridized carbons (Fsp3) is 0.233. The Kier molecular flexibility index (Phi) is 9.48. The normalized spacial score (nSPS) is 13.4. The number of likely N-dealkylation sites (tertiary alicyclic amines) is 1. The molecule has 1 aliphatic heterocycles. The zero-order valence-electron chi connectivity index (χ0n) is 21.4. The maximum absolute atomic E-state index is 12.7. The third-order valence-electron chi connectivity index (χ3n) is 6.28. The van der Waals surface area contributed by atoms with Gasteiger partial charge in [-0.15, -0.1) is 0 Å². The summed E-state index contributed by atoms with van der Waals surface area (Å²) in [7, 11) is 1.51. The van der Waals surface area contributed by atoms with Crippen LogP contribution in [-0.4, -0.2) is 36.9 Å². The minimum absolute atomic E-state index is 0.0640. The number of nitrogens with zero attached hydrogens (tertiary/aromatic N) is 2. The van der Waals surface area contributed by atoms with Crippen LogP contribution in [0.15, 0.2) is 66.2 Å². The van der Waals surface area contributed by atoms with E-state index in [0.717, 1.165) is 31.5 Å². The molecule has 0 aromatic heterocycles. The van der Waals surface area contributed by atoms with Gasteiger partial charge in [-0.2, -0.15) is 5.26 Å². The minimum Gasteiger partial charge on any atom is -0.493 e. The van der Waals surface area contributed by atoms with Gasteiger partial charge in [0.2, 0.25) is 0 Å². The monoisotopic (exact) mass is 563 g/mol. The second kappa shape index (κ2) is 13.2. The maximum Gasteiger partial charge on any atom is 0.266 e. The zero-order chi connectivity index (χ0) is 27.8. The number of halogens is 2. The molecule has 1 fully saturated rings. The molecule has 1 heterocycles. The zero-order valence-corrected chi connectivity index (χ0v) is 22.9. The van der Waals surface area contributed by atoms with E-state index in [1.165, 1.54) is 25.7 Å². The summed E-state index contributed by atoms with van der Waals surface area (Å²) in [6.45, 7) is 1.90. The lowest BCUT2D eigenvalue weighted by atomic mass is 10.1. The van der Waals surface area contributed by atoms with Crippen LogP contribution < -0.4 is 14.8 Å². The first-order chi connectivity index (χ1) is 18.9. The molecule has 4 rings (SSSR count). The van der Waals surface area contributed by atoms with Crippen LogP contribution >= 0.6 is 23.2 Å². The number of hydrogen-bond acceptors (Lipinski definition) is 5. The van der Waals surface area contributed by atoms with Crippen LogP contribution in [-0.2, 0) is 11.4 Å². The van der Waals surface area contributed by atoms with E-state index in [2.05, 4.69) is 5.32 Å². The number of carbonyl (C=O) groups excluding carboxylic acids is 2. The first-order valence-corrected chi connectivity index (χ1v) is 13.2. The van der Waals surface area contributed by atoms with E-state index in [4.69, 9.17) is 32.7 Å². The van der Waals surface area contributed by atoms with Crippen LogP contribution in [0.2, 0.25) is 10.0 Å². The molecule has 1 N–H and O–H groups in total. The maximum atomic E-state index is 12.7. The summed E-state index contributed by atoms with van der Waals surface area (Å²) in [6, 6.07) is 19.1. The Morgan fingerprint density at radius 1 is 1.00 bits per heavy atom. The molecule has 7 nitrogen and oxygen atoms in total. The third kappa shape index (κ3) is 7.32. The van der Waals surface area contributed by atoms with E-state index in [0.29, 0.717) is 33.3 Å². The number of nitrogens with one attached hydrogen (secondary N) is 1. The van der Waals surface area contributed by atoms with Gasteiger partial charge >= 0.3 is 0 Å². The summed E-state index contributed by atoms with van der Waals surface area (Å²) in [5, 5.41) is 12.9. The van der Waals surface area contributed by atoms with Crippen LogP contribution in [0.25, 0.3) is 6.08 Å².